The number of hydrogen-bond acceptors (Lipinski definition) is 5. The van der Waals surface area contributed by atoms with Gasteiger partial charge in [-0.2, -0.15) is 0 Å². The summed E-state index contributed by atoms with van der Waals surface area (Å²) in [5.74, 6) is 0.669. The van der Waals surface area contributed by atoms with Gasteiger partial charge in [-0.15, -0.1) is 0 Å². The minimum absolute atomic E-state index is 0.0925. The van der Waals surface area contributed by atoms with Crippen molar-refractivity contribution in [3.05, 3.63) is 11.8 Å². The molecule has 0 spiro atoms. The molecule has 17 heavy (non-hydrogen) atoms. The molecule has 6 nitrogen and oxygen atoms in total. The lowest BCUT2D eigenvalue weighted by atomic mass is 10.1. The Labute approximate surface area is 99.9 Å². The normalized spacial score (nSPS) is 14.1. The zero-order chi connectivity index (χ0) is 12.8. The lowest BCUT2D eigenvalue weighted by Gasteiger charge is -2.15. The molecule has 0 radical (unpaired) electrons. The summed E-state index contributed by atoms with van der Waals surface area (Å²) in [5, 5.41) is 15.4. The number of aliphatic hydroxyl groups is 1. The Bertz CT molecular complexity index is 362. The van der Waals surface area contributed by atoms with Crippen LogP contribution in [0.5, 0.6) is 5.88 Å². The second kappa shape index (κ2) is 6.24. The minimum Gasteiger partial charge on any atom is -0.465 e. The second-order valence-electron chi connectivity index (χ2n) is 4.12. The molecule has 0 saturated heterocycles. The highest BCUT2D eigenvalue weighted by Crippen LogP contribution is 2.09. The van der Waals surface area contributed by atoms with Gasteiger partial charge >= 0.3 is 0 Å². The molecule has 0 aliphatic heterocycles. The molecule has 96 valence electrons. The fourth-order valence-electron chi connectivity index (χ4n) is 1.44. The van der Waals surface area contributed by atoms with E-state index in [-0.39, 0.29) is 18.6 Å². The first kappa shape index (κ1) is 13.5. The van der Waals surface area contributed by atoms with Gasteiger partial charge in [0, 0.05) is 12.1 Å². The molecular formula is C11H18N2O4. The third-order valence-electron chi connectivity index (χ3n) is 2.06. The van der Waals surface area contributed by atoms with E-state index in [4.69, 9.17) is 14.4 Å². The number of aryl methyl sites for hydroxylation is 1. The first-order chi connectivity index (χ1) is 7.97. The van der Waals surface area contributed by atoms with Crippen LogP contribution in [-0.4, -0.2) is 34.9 Å². The van der Waals surface area contributed by atoms with Crippen molar-refractivity contribution in [1.82, 2.24) is 10.5 Å². The van der Waals surface area contributed by atoms with Crippen LogP contribution in [0.3, 0.4) is 0 Å². The number of nitrogens with one attached hydrogen (secondary N) is 1. The molecule has 1 aromatic heterocycles. The van der Waals surface area contributed by atoms with Gasteiger partial charge in [-0.05, 0) is 32.3 Å². The molecule has 2 atom stereocenters. The molecule has 0 saturated carbocycles. The average Bonchev–Trinajstić information content (AvgIpc) is 2.59. The molecule has 0 aromatic carbocycles. The van der Waals surface area contributed by atoms with Gasteiger partial charge in [0.1, 0.15) is 5.76 Å². The van der Waals surface area contributed by atoms with Gasteiger partial charge in [0.25, 0.3) is 11.8 Å². The van der Waals surface area contributed by atoms with Crippen LogP contribution in [0.2, 0.25) is 0 Å². The number of nitrogens with zero attached hydrogens (tertiary/aromatic N) is 1. The van der Waals surface area contributed by atoms with E-state index in [1.807, 2.05) is 6.92 Å². The van der Waals surface area contributed by atoms with Crippen molar-refractivity contribution in [2.24, 2.45) is 0 Å². The number of carbonyl (C=O) groups is 1. The fraction of sp³-hybridized carbons (Fsp3) is 0.636. The molecule has 0 bridgehead atoms. The van der Waals surface area contributed by atoms with E-state index >= 15 is 0 Å². The van der Waals surface area contributed by atoms with Gasteiger partial charge < -0.3 is 19.7 Å². The topological polar surface area (TPSA) is 84.6 Å². The Morgan fingerprint density at radius 2 is 2.35 bits per heavy atom. The fourth-order valence-corrected chi connectivity index (χ4v) is 1.44. The summed E-state index contributed by atoms with van der Waals surface area (Å²) in [4.78, 5) is 11.4. The average molecular weight is 242 g/mol. The predicted molar refractivity (Wildman–Crippen MR) is 60.6 cm³/mol. The van der Waals surface area contributed by atoms with E-state index in [1.165, 1.54) is 0 Å². The molecule has 6 heteroatoms. The van der Waals surface area contributed by atoms with E-state index in [2.05, 4.69) is 10.5 Å². The third-order valence-corrected chi connectivity index (χ3v) is 2.06. The first-order valence-electron chi connectivity index (χ1n) is 5.51. The lowest BCUT2D eigenvalue weighted by molar-refractivity contribution is -0.123. The first-order valence-corrected chi connectivity index (χ1v) is 5.51. The van der Waals surface area contributed by atoms with Crippen LogP contribution in [0.4, 0.5) is 0 Å². The Morgan fingerprint density at radius 1 is 1.65 bits per heavy atom. The zero-order valence-electron chi connectivity index (χ0n) is 10.3. The SMILES string of the molecule is Cc1cc(OCC(=O)NC(C)CC(C)O)no1. The van der Waals surface area contributed by atoms with Crippen molar-refractivity contribution in [3.8, 4) is 5.88 Å². The highest BCUT2D eigenvalue weighted by Gasteiger charge is 2.11. The van der Waals surface area contributed by atoms with Crippen molar-refractivity contribution >= 4 is 5.91 Å². The van der Waals surface area contributed by atoms with E-state index in [1.54, 1.807) is 19.9 Å². The van der Waals surface area contributed by atoms with Gasteiger partial charge in [0.05, 0.1) is 6.10 Å². The van der Waals surface area contributed by atoms with Crippen LogP contribution in [-0.2, 0) is 4.79 Å². The zero-order valence-corrected chi connectivity index (χ0v) is 10.3. The third kappa shape index (κ3) is 5.35. The predicted octanol–water partition coefficient (Wildman–Crippen LogP) is 0.637. The molecule has 1 rings (SSSR count). The number of ether oxygens (including phenoxy) is 1. The van der Waals surface area contributed by atoms with Crippen molar-refractivity contribution in [2.45, 2.75) is 39.3 Å². The summed E-state index contributed by atoms with van der Waals surface area (Å²) in [6, 6.07) is 1.51. The number of hydrogen-bond donors (Lipinski definition) is 2. The number of carbonyl (C=O) groups excluding carboxylic acids is 1. The van der Waals surface area contributed by atoms with Gasteiger partial charge in [-0.1, -0.05) is 0 Å². The molecule has 0 aliphatic rings. The Balaban J connectivity index is 2.25. The smallest absolute Gasteiger partial charge is 0.258 e. The maximum Gasteiger partial charge on any atom is 0.258 e. The van der Waals surface area contributed by atoms with Gasteiger partial charge in [0.15, 0.2) is 6.61 Å². The number of aromatic nitrogens is 1. The maximum atomic E-state index is 11.4. The number of rotatable bonds is 6. The van der Waals surface area contributed by atoms with Crippen molar-refractivity contribution in [3.63, 3.8) is 0 Å². The largest absolute Gasteiger partial charge is 0.465 e. The molecule has 0 fully saturated rings. The second-order valence-corrected chi connectivity index (χ2v) is 4.12. The van der Waals surface area contributed by atoms with Crippen LogP contribution >= 0.6 is 0 Å². The van der Waals surface area contributed by atoms with E-state index < -0.39 is 6.10 Å². The standard InChI is InChI=1S/C11H18N2O4/c1-7(4-8(2)14)12-10(15)6-16-11-5-9(3)17-13-11/h5,7-8,14H,4,6H2,1-3H3,(H,12,15). The van der Waals surface area contributed by atoms with Crippen LogP contribution in [0.1, 0.15) is 26.0 Å². The molecule has 1 heterocycles. The summed E-state index contributed by atoms with van der Waals surface area (Å²) in [5.41, 5.74) is 0. The Hall–Kier alpha value is -1.56. The van der Waals surface area contributed by atoms with Crippen LogP contribution in [0.25, 0.3) is 0 Å². The van der Waals surface area contributed by atoms with Crippen molar-refractivity contribution in [2.75, 3.05) is 6.61 Å². The van der Waals surface area contributed by atoms with E-state index in [0.29, 0.717) is 18.1 Å². The Morgan fingerprint density at radius 3 is 2.88 bits per heavy atom. The summed E-state index contributed by atoms with van der Waals surface area (Å²) >= 11 is 0. The molecule has 2 N–H and O–H groups in total. The summed E-state index contributed by atoms with van der Waals surface area (Å²) in [6.07, 6.45) is 0.0684. The van der Waals surface area contributed by atoms with Gasteiger partial charge in [-0.3, -0.25) is 4.79 Å². The van der Waals surface area contributed by atoms with Crippen LogP contribution in [0, 0.1) is 6.92 Å². The molecule has 0 aliphatic carbocycles. The van der Waals surface area contributed by atoms with Gasteiger partial charge in [0.2, 0.25) is 0 Å². The molecule has 1 aromatic rings. The molecular weight excluding hydrogens is 224 g/mol. The highest BCUT2D eigenvalue weighted by atomic mass is 16.5. The minimum atomic E-state index is -0.440. The summed E-state index contributed by atoms with van der Waals surface area (Å²) in [6.45, 7) is 5.13. The van der Waals surface area contributed by atoms with Crippen LogP contribution < -0.4 is 10.1 Å². The molecule has 1 amide bonds. The highest BCUT2D eigenvalue weighted by molar-refractivity contribution is 5.77. The van der Waals surface area contributed by atoms with Crippen molar-refractivity contribution in [1.29, 1.82) is 0 Å². The quantitative estimate of drug-likeness (QED) is 0.764. The molecule has 2 unspecified atom stereocenters. The Kier molecular flexibility index (Phi) is 4.96. The van der Waals surface area contributed by atoms with Gasteiger partial charge in [-0.25, -0.2) is 0 Å². The van der Waals surface area contributed by atoms with Crippen LogP contribution in [0.15, 0.2) is 10.6 Å². The number of aliphatic hydroxyl groups excluding tert-OH is 1. The van der Waals surface area contributed by atoms with E-state index in [9.17, 15) is 4.79 Å². The van der Waals surface area contributed by atoms with Crippen molar-refractivity contribution < 1.29 is 19.2 Å². The summed E-state index contributed by atoms with van der Waals surface area (Å²) in [7, 11) is 0. The lowest BCUT2D eigenvalue weighted by Crippen LogP contribution is -2.37. The number of amides is 1. The van der Waals surface area contributed by atoms with E-state index in [0.717, 1.165) is 0 Å². The monoisotopic (exact) mass is 242 g/mol. The summed E-state index contributed by atoms with van der Waals surface area (Å²) < 4.78 is 9.91. The maximum absolute atomic E-state index is 11.4.